The van der Waals surface area contributed by atoms with E-state index in [-0.39, 0.29) is 0 Å². The highest BCUT2D eigenvalue weighted by atomic mass is 32.2. The monoisotopic (exact) mass is 269 g/mol. The number of hydrogen-bond donors (Lipinski definition) is 2. The van der Waals surface area contributed by atoms with Gasteiger partial charge in [0.1, 0.15) is 5.82 Å². The summed E-state index contributed by atoms with van der Waals surface area (Å²) in [4.78, 5) is 4.33. The number of nitrogens with zero attached hydrogens (tertiary/aromatic N) is 3. The van der Waals surface area contributed by atoms with Crippen molar-refractivity contribution in [1.82, 2.24) is 19.3 Å². The molecule has 0 fully saturated rings. The largest absolute Gasteiger partial charge is 0.370 e. The van der Waals surface area contributed by atoms with Crippen molar-refractivity contribution >= 4 is 21.5 Å². The van der Waals surface area contributed by atoms with Gasteiger partial charge in [0.05, 0.1) is 12.5 Å². The quantitative estimate of drug-likeness (QED) is 0.725. The summed E-state index contributed by atoms with van der Waals surface area (Å²) < 4.78 is 25.8. The first-order chi connectivity index (χ1) is 8.54. The molecule has 2 aromatic rings. The van der Waals surface area contributed by atoms with Gasteiger partial charge in [-0.3, -0.25) is 0 Å². The Bertz CT molecular complexity index is 622. The molecule has 0 aliphatic rings. The van der Waals surface area contributed by atoms with Crippen LogP contribution in [0.25, 0.3) is 5.65 Å². The van der Waals surface area contributed by atoms with Crippen LogP contribution in [0, 0.1) is 0 Å². The van der Waals surface area contributed by atoms with Gasteiger partial charge in [-0.2, -0.15) is 5.10 Å². The second kappa shape index (κ2) is 5.32. The zero-order chi connectivity index (χ0) is 13.0. The van der Waals surface area contributed by atoms with Crippen molar-refractivity contribution in [3.8, 4) is 0 Å². The van der Waals surface area contributed by atoms with Crippen molar-refractivity contribution in [2.24, 2.45) is 0 Å². The highest BCUT2D eigenvalue weighted by Crippen LogP contribution is 2.05. The normalized spacial score (nSPS) is 11.8. The maximum Gasteiger partial charge on any atom is 0.208 e. The number of sulfonamides is 1. The summed E-state index contributed by atoms with van der Waals surface area (Å²) in [5, 5.41) is 7.17. The molecule has 0 aliphatic carbocycles. The van der Waals surface area contributed by atoms with Gasteiger partial charge < -0.3 is 5.32 Å². The molecule has 0 unspecified atom stereocenters. The molecule has 2 N–H and O–H groups in total. The number of fused-ring (bicyclic) bond motifs is 1. The molecular weight excluding hydrogens is 254 g/mol. The van der Waals surface area contributed by atoms with Crippen LogP contribution in [0.4, 0.5) is 5.82 Å². The number of nitrogens with one attached hydrogen (secondary N) is 2. The Kier molecular flexibility index (Phi) is 3.78. The van der Waals surface area contributed by atoms with Crippen molar-refractivity contribution in [2.75, 3.05) is 24.7 Å². The Morgan fingerprint density at radius 1 is 1.33 bits per heavy atom. The Morgan fingerprint density at radius 2 is 2.17 bits per heavy atom. The number of anilines is 1. The third-order valence-corrected chi connectivity index (χ3v) is 3.01. The smallest absolute Gasteiger partial charge is 0.208 e. The number of rotatable bonds is 6. The fourth-order valence-electron chi connectivity index (χ4n) is 1.47. The second-order valence-electron chi connectivity index (χ2n) is 3.89. The van der Waals surface area contributed by atoms with Gasteiger partial charge in [-0.15, -0.1) is 0 Å². The van der Waals surface area contributed by atoms with E-state index in [1.807, 2.05) is 18.3 Å². The molecule has 98 valence electrons. The predicted molar refractivity (Wildman–Crippen MR) is 68.9 cm³/mol. The minimum atomic E-state index is -3.10. The molecule has 18 heavy (non-hydrogen) atoms. The van der Waals surface area contributed by atoms with Crippen LogP contribution in [-0.4, -0.2) is 42.4 Å². The standard InChI is InChI=1S/C10H15N5O2S/c1-18(16,17)13-6-2-5-11-9-4-8-15-10(14-9)3-7-12-15/h3-4,7-8,13H,2,5-6H2,1H3,(H,11,14). The van der Waals surface area contributed by atoms with Crippen LogP contribution in [0.3, 0.4) is 0 Å². The lowest BCUT2D eigenvalue weighted by Gasteiger charge is -2.06. The molecule has 0 aliphatic heterocycles. The lowest BCUT2D eigenvalue weighted by molar-refractivity contribution is 0.586. The van der Waals surface area contributed by atoms with E-state index >= 15 is 0 Å². The Hall–Kier alpha value is -1.67. The van der Waals surface area contributed by atoms with Crippen LogP contribution in [0.5, 0.6) is 0 Å². The van der Waals surface area contributed by atoms with Gasteiger partial charge in [-0.1, -0.05) is 0 Å². The Morgan fingerprint density at radius 3 is 2.94 bits per heavy atom. The van der Waals surface area contributed by atoms with E-state index in [1.165, 1.54) is 0 Å². The maximum absolute atomic E-state index is 10.8. The molecule has 0 aromatic carbocycles. The van der Waals surface area contributed by atoms with E-state index in [1.54, 1.807) is 10.7 Å². The minimum absolute atomic E-state index is 0.417. The predicted octanol–water partition coefficient (Wildman–Crippen LogP) is 0.0805. The van der Waals surface area contributed by atoms with E-state index in [4.69, 9.17) is 0 Å². The molecule has 0 atom stereocenters. The van der Waals surface area contributed by atoms with Gasteiger partial charge in [0.25, 0.3) is 0 Å². The van der Waals surface area contributed by atoms with Crippen LogP contribution < -0.4 is 10.0 Å². The van der Waals surface area contributed by atoms with Crippen LogP contribution in [0.1, 0.15) is 6.42 Å². The average molecular weight is 269 g/mol. The number of hydrogen-bond acceptors (Lipinski definition) is 5. The molecule has 2 heterocycles. The molecular formula is C10H15N5O2S. The zero-order valence-corrected chi connectivity index (χ0v) is 10.8. The van der Waals surface area contributed by atoms with Gasteiger partial charge in [0.15, 0.2) is 5.65 Å². The third kappa shape index (κ3) is 3.67. The molecule has 0 amide bonds. The van der Waals surface area contributed by atoms with Crippen LogP contribution >= 0.6 is 0 Å². The molecule has 0 spiro atoms. The van der Waals surface area contributed by atoms with Crippen LogP contribution in [0.2, 0.25) is 0 Å². The fraction of sp³-hybridized carbons (Fsp3) is 0.400. The van der Waals surface area contributed by atoms with E-state index in [0.29, 0.717) is 19.5 Å². The molecule has 0 saturated heterocycles. The highest BCUT2D eigenvalue weighted by Gasteiger charge is 2.00. The molecule has 2 rings (SSSR count). The Balaban J connectivity index is 1.79. The molecule has 0 radical (unpaired) electrons. The third-order valence-electron chi connectivity index (χ3n) is 2.28. The summed E-state index contributed by atoms with van der Waals surface area (Å²) in [6.07, 6.45) is 5.34. The van der Waals surface area contributed by atoms with E-state index in [0.717, 1.165) is 17.7 Å². The van der Waals surface area contributed by atoms with Gasteiger partial charge in [-0.25, -0.2) is 22.6 Å². The summed E-state index contributed by atoms with van der Waals surface area (Å²) in [6.45, 7) is 1.07. The molecule has 8 heteroatoms. The molecule has 0 saturated carbocycles. The zero-order valence-electron chi connectivity index (χ0n) is 10.00. The lowest BCUT2D eigenvalue weighted by atomic mass is 10.4. The van der Waals surface area contributed by atoms with Gasteiger partial charge in [0.2, 0.25) is 10.0 Å². The molecule has 7 nitrogen and oxygen atoms in total. The van der Waals surface area contributed by atoms with Crippen LogP contribution in [-0.2, 0) is 10.0 Å². The van der Waals surface area contributed by atoms with Gasteiger partial charge >= 0.3 is 0 Å². The first-order valence-corrected chi connectivity index (χ1v) is 7.43. The van der Waals surface area contributed by atoms with E-state index in [9.17, 15) is 8.42 Å². The van der Waals surface area contributed by atoms with Crippen molar-refractivity contribution in [1.29, 1.82) is 0 Å². The maximum atomic E-state index is 10.8. The molecule has 2 aromatic heterocycles. The lowest BCUT2D eigenvalue weighted by Crippen LogP contribution is -2.24. The number of aromatic nitrogens is 3. The van der Waals surface area contributed by atoms with Gasteiger partial charge in [0, 0.05) is 25.4 Å². The van der Waals surface area contributed by atoms with Crippen molar-refractivity contribution in [2.45, 2.75) is 6.42 Å². The fourth-order valence-corrected chi connectivity index (χ4v) is 1.99. The van der Waals surface area contributed by atoms with E-state index < -0.39 is 10.0 Å². The van der Waals surface area contributed by atoms with Crippen molar-refractivity contribution in [3.63, 3.8) is 0 Å². The average Bonchev–Trinajstić information content (AvgIpc) is 2.74. The first-order valence-electron chi connectivity index (χ1n) is 5.53. The summed E-state index contributed by atoms with van der Waals surface area (Å²) in [5.41, 5.74) is 0.772. The Labute approximate surface area is 105 Å². The SMILES string of the molecule is CS(=O)(=O)NCCCNc1ccn2nccc2n1. The van der Waals surface area contributed by atoms with Gasteiger partial charge in [-0.05, 0) is 12.5 Å². The van der Waals surface area contributed by atoms with Crippen molar-refractivity contribution < 1.29 is 8.42 Å². The van der Waals surface area contributed by atoms with Crippen LogP contribution in [0.15, 0.2) is 24.5 Å². The first kappa shape index (κ1) is 12.8. The summed E-state index contributed by atoms with van der Waals surface area (Å²) >= 11 is 0. The summed E-state index contributed by atoms with van der Waals surface area (Å²) in [6, 6.07) is 3.64. The minimum Gasteiger partial charge on any atom is -0.370 e. The summed E-state index contributed by atoms with van der Waals surface area (Å²) in [7, 11) is -3.10. The summed E-state index contributed by atoms with van der Waals surface area (Å²) in [5.74, 6) is 0.752. The van der Waals surface area contributed by atoms with E-state index in [2.05, 4.69) is 20.1 Å². The topological polar surface area (TPSA) is 88.4 Å². The highest BCUT2D eigenvalue weighted by molar-refractivity contribution is 7.88. The second-order valence-corrected chi connectivity index (χ2v) is 5.73. The molecule has 0 bridgehead atoms. The van der Waals surface area contributed by atoms with Crippen molar-refractivity contribution in [3.05, 3.63) is 24.5 Å².